The first-order valence-corrected chi connectivity index (χ1v) is 12.4. The summed E-state index contributed by atoms with van der Waals surface area (Å²) >= 11 is 0. The molecule has 2 unspecified atom stereocenters. The number of benzene rings is 2. The van der Waals surface area contributed by atoms with Crippen molar-refractivity contribution >= 4 is 18.0 Å². The van der Waals surface area contributed by atoms with E-state index in [0.29, 0.717) is 25.7 Å². The number of nitrogens with one attached hydrogen (secondary N) is 1. The van der Waals surface area contributed by atoms with Crippen LogP contribution in [0.4, 0.5) is 4.79 Å². The maximum atomic E-state index is 13.5. The lowest BCUT2D eigenvalue weighted by Gasteiger charge is -2.48. The lowest BCUT2D eigenvalue weighted by atomic mass is 9.73. The quantitative estimate of drug-likeness (QED) is 0.638. The Bertz CT molecular complexity index is 1130. The Kier molecular flexibility index (Phi) is 5.82. The molecule has 2 saturated carbocycles. The van der Waals surface area contributed by atoms with Crippen LogP contribution in [0.3, 0.4) is 0 Å². The number of hydrogen-bond donors (Lipinski definition) is 2. The van der Waals surface area contributed by atoms with Gasteiger partial charge in [0.25, 0.3) is 0 Å². The average Bonchev–Trinajstić information content (AvgIpc) is 3.34. The molecular weight excluding hydrogens is 444 g/mol. The maximum absolute atomic E-state index is 13.5. The fraction of sp³-hybridized carbons (Fsp3) is 0.464. The predicted octanol–water partition coefficient (Wildman–Crippen LogP) is 4.55. The fourth-order valence-corrected chi connectivity index (χ4v) is 6.22. The van der Waals surface area contributed by atoms with Gasteiger partial charge in [-0.1, -0.05) is 55.0 Å². The Balaban J connectivity index is 1.26. The number of nitrogens with zero attached hydrogens (tertiary/aromatic N) is 1. The van der Waals surface area contributed by atoms with Crippen LogP contribution in [0.15, 0.2) is 48.5 Å². The van der Waals surface area contributed by atoms with Gasteiger partial charge in [0, 0.05) is 19.0 Å². The van der Waals surface area contributed by atoms with Gasteiger partial charge in [0.15, 0.2) is 0 Å². The van der Waals surface area contributed by atoms with E-state index in [-0.39, 0.29) is 18.4 Å². The molecule has 2 N–H and O–H groups in total. The number of carbonyl (C=O) groups excluding carboxylic acids is 2. The smallest absolute Gasteiger partial charge is 0.407 e. The van der Waals surface area contributed by atoms with Crippen LogP contribution in [0.25, 0.3) is 11.1 Å². The minimum Gasteiger partial charge on any atom is -0.479 e. The normalized spacial score (nSPS) is 24.1. The molecule has 35 heavy (non-hydrogen) atoms. The molecule has 0 aliphatic heterocycles. The molecule has 2 fully saturated rings. The van der Waals surface area contributed by atoms with Crippen molar-refractivity contribution in [1.82, 2.24) is 10.2 Å². The van der Waals surface area contributed by atoms with E-state index in [4.69, 9.17) is 4.74 Å². The monoisotopic (exact) mass is 476 g/mol. The van der Waals surface area contributed by atoms with Gasteiger partial charge in [-0.3, -0.25) is 4.79 Å². The first kappa shape index (κ1) is 23.4. The maximum Gasteiger partial charge on any atom is 0.407 e. The minimum absolute atomic E-state index is 0.0371. The average molecular weight is 477 g/mol. The third-order valence-electron chi connectivity index (χ3n) is 8.61. The second kappa shape index (κ2) is 8.70. The number of hydrogen-bond acceptors (Lipinski definition) is 4. The summed E-state index contributed by atoms with van der Waals surface area (Å²) in [5.74, 6) is -1.21. The SMILES string of the molecule is CN(C(=O)C1(C)CCCC1NC(=O)OCC1c2ccccc2-c2ccccc21)C1(C(=O)O)CCC1. The summed E-state index contributed by atoms with van der Waals surface area (Å²) in [6, 6.07) is 15.9. The van der Waals surface area contributed by atoms with E-state index < -0.39 is 29.1 Å². The van der Waals surface area contributed by atoms with Gasteiger partial charge in [0.05, 0.1) is 5.41 Å². The number of amides is 2. The van der Waals surface area contributed by atoms with Gasteiger partial charge in [-0.15, -0.1) is 0 Å². The van der Waals surface area contributed by atoms with Crippen LogP contribution in [-0.2, 0) is 14.3 Å². The fourth-order valence-electron chi connectivity index (χ4n) is 6.22. The van der Waals surface area contributed by atoms with Crippen molar-refractivity contribution in [2.45, 2.75) is 62.9 Å². The summed E-state index contributed by atoms with van der Waals surface area (Å²) in [4.78, 5) is 39.7. The second-order valence-corrected chi connectivity index (χ2v) is 10.4. The Hall–Kier alpha value is -3.35. The Morgan fingerprint density at radius 2 is 1.60 bits per heavy atom. The second-order valence-electron chi connectivity index (χ2n) is 10.4. The first-order chi connectivity index (χ1) is 16.8. The van der Waals surface area contributed by atoms with Crippen molar-refractivity contribution in [3.63, 3.8) is 0 Å². The molecule has 7 heteroatoms. The molecule has 0 radical (unpaired) electrons. The van der Waals surface area contributed by atoms with Gasteiger partial charge in [0.1, 0.15) is 12.1 Å². The third-order valence-corrected chi connectivity index (χ3v) is 8.61. The summed E-state index contributed by atoms with van der Waals surface area (Å²) in [5, 5.41) is 12.7. The van der Waals surface area contributed by atoms with Crippen molar-refractivity contribution in [3.05, 3.63) is 59.7 Å². The van der Waals surface area contributed by atoms with Crippen LogP contribution < -0.4 is 5.32 Å². The summed E-state index contributed by atoms with van der Waals surface area (Å²) < 4.78 is 5.70. The molecule has 0 saturated heterocycles. The minimum atomic E-state index is -1.13. The highest BCUT2D eigenvalue weighted by atomic mass is 16.5. The van der Waals surface area contributed by atoms with Crippen LogP contribution in [0.1, 0.15) is 62.5 Å². The molecule has 7 nitrogen and oxygen atoms in total. The highest BCUT2D eigenvalue weighted by molar-refractivity contribution is 5.91. The number of aliphatic carboxylic acids is 1. The van der Waals surface area contributed by atoms with Crippen LogP contribution in [0, 0.1) is 5.41 Å². The summed E-state index contributed by atoms with van der Waals surface area (Å²) in [5.41, 5.74) is 2.62. The van der Waals surface area contributed by atoms with E-state index in [2.05, 4.69) is 29.6 Å². The third kappa shape index (κ3) is 3.68. The molecular formula is C28H32N2O5. The largest absolute Gasteiger partial charge is 0.479 e. The van der Waals surface area contributed by atoms with E-state index in [1.807, 2.05) is 31.2 Å². The van der Waals surface area contributed by atoms with E-state index in [1.165, 1.54) is 4.90 Å². The van der Waals surface area contributed by atoms with Crippen molar-refractivity contribution in [2.24, 2.45) is 5.41 Å². The van der Waals surface area contributed by atoms with Gasteiger partial charge < -0.3 is 20.1 Å². The molecule has 2 aromatic rings. The van der Waals surface area contributed by atoms with E-state index >= 15 is 0 Å². The zero-order valence-corrected chi connectivity index (χ0v) is 20.3. The van der Waals surface area contributed by atoms with E-state index in [1.54, 1.807) is 7.05 Å². The number of ether oxygens (including phenoxy) is 1. The lowest BCUT2D eigenvalue weighted by molar-refractivity contribution is -0.168. The number of carbonyl (C=O) groups is 3. The molecule has 2 aromatic carbocycles. The number of fused-ring (bicyclic) bond motifs is 3. The van der Waals surface area contributed by atoms with Crippen molar-refractivity contribution in [2.75, 3.05) is 13.7 Å². The van der Waals surface area contributed by atoms with Crippen molar-refractivity contribution in [1.29, 1.82) is 0 Å². The lowest BCUT2D eigenvalue weighted by Crippen LogP contribution is -2.63. The van der Waals surface area contributed by atoms with Gasteiger partial charge in [-0.25, -0.2) is 9.59 Å². The van der Waals surface area contributed by atoms with Gasteiger partial charge in [-0.05, 0) is 61.3 Å². The van der Waals surface area contributed by atoms with E-state index in [9.17, 15) is 19.5 Å². The number of carboxylic acids is 1. The molecule has 0 heterocycles. The first-order valence-electron chi connectivity index (χ1n) is 12.4. The highest BCUT2D eigenvalue weighted by Gasteiger charge is 2.55. The zero-order chi connectivity index (χ0) is 24.8. The Labute approximate surface area is 205 Å². The summed E-state index contributed by atoms with van der Waals surface area (Å²) in [7, 11) is 1.59. The molecule has 0 bridgehead atoms. The summed E-state index contributed by atoms with van der Waals surface area (Å²) in [6.07, 6.45) is 3.21. The standard InChI is InChI=1S/C28H32N2O5/c1-27(24(31)30(2)28(25(32)33)15-8-16-28)14-7-13-23(27)29-26(34)35-17-22-20-11-5-3-9-18(20)19-10-4-6-12-21(19)22/h3-6,9-12,22-23H,7-8,13-17H2,1-2H3,(H,29,34)(H,32,33). The topological polar surface area (TPSA) is 95.9 Å². The Morgan fingerprint density at radius 1 is 1.00 bits per heavy atom. The number of rotatable bonds is 6. The van der Waals surface area contributed by atoms with Gasteiger partial charge >= 0.3 is 12.1 Å². The number of carboxylic acid groups (broad SMARTS) is 1. The Morgan fingerprint density at radius 3 is 2.14 bits per heavy atom. The molecule has 3 aliphatic rings. The molecule has 184 valence electrons. The van der Waals surface area contributed by atoms with Crippen LogP contribution >= 0.6 is 0 Å². The highest BCUT2D eigenvalue weighted by Crippen LogP contribution is 2.46. The van der Waals surface area contributed by atoms with Crippen LogP contribution in [-0.4, -0.2) is 53.2 Å². The molecule has 0 aromatic heterocycles. The molecule has 3 aliphatic carbocycles. The molecule has 2 amide bonds. The van der Waals surface area contributed by atoms with Crippen LogP contribution in [0.2, 0.25) is 0 Å². The van der Waals surface area contributed by atoms with Crippen molar-refractivity contribution in [3.8, 4) is 11.1 Å². The number of alkyl carbamates (subject to hydrolysis) is 1. The number of likely N-dealkylation sites (N-methyl/N-ethyl adjacent to an activating group) is 1. The van der Waals surface area contributed by atoms with Crippen molar-refractivity contribution < 1.29 is 24.2 Å². The zero-order valence-electron chi connectivity index (χ0n) is 20.3. The molecule has 2 atom stereocenters. The van der Waals surface area contributed by atoms with Gasteiger partial charge in [-0.2, -0.15) is 0 Å². The molecule has 0 spiro atoms. The van der Waals surface area contributed by atoms with Crippen LogP contribution in [0.5, 0.6) is 0 Å². The van der Waals surface area contributed by atoms with E-state index in [0.717, 1.165) is 35.1 Å². The predicted molar refractivity (Wildman–Crippen MR) is 131 cm³/mol. The summed E-state index contributed by atoms with van der Waals surface area (Å²) in [6.45, 7) is 2.04. The van der Waals surface area contributed by atoms with Gasteiger partial charge in [0.2, 0.25) is 5.91 Å². The molecule has 5 rings (SSSR count).